The van der Waals surface area contributed by atoms with Crippen LogP contribution in [0, 0.1) is 0 Å². The summed E-state index contributed by atoms with van der Waals surface area (Å²) in [6.45, 7) is 1.52. The third-order valence-corrected chi connectivity index (χ3v) is 4.11. The molecule has 0 saturated carbocycles. The SMILES string of the molecule is COc1cc(CC(=O)OCC(=O)N[C@H](C)c2ccccc2)cc(OC)c1OC. The molecule has 150 valence electrons. The molecule has 0 aliphatic heterocycles. The number of ether oxygens (including phenoxy) is 4. The standard InChI is InChI=1S/C21H25NO6/c1-14(16-8-6-5-7-9-16)22-19(23)13-28-20(24)12-15-10-17(25-2)21(27-4)18(11-15)26-3/h5-11,14H,12-13H2,1-4H3,(H,22,23)/t14-/m1/s1. The Kier molecular flexibility index (Phi) is 7.68. The lowest BCUT2D eigenvalue weighted by molar-refractivity contribution is -0.148. The molecule has 0 aliphatic carbocycles. The molecule has 0 heterocycles. The van der Waals surface area contributed by atoms with Crippen LogP contribution in [0.4, 0.5) is 0 Å². The van der Waals surface area contributed by atoms with Crippen LogP contribution in [-0.2, 0) is 20.7 Å². The molecule has 7 heteroatoms. The van der Waals surface area contributed by atoms with E-state index in [1.807, 2.05) is 37.3 Å². The van der Waals surface area contributed by atoms with Crippen molar-refractivity contribution in [1.82, 2.24) is 5.32 Å². The van der Waals surface area contributed by atoms with Gasteiger partial charge in [0.15, 0.2) is 18.1 Å². The first-order valence-corrected chi connectivity index (χ1v) is 8.77. The van der Waals surface area contributed by atoms with Crippen LogP contribution in [-0.4, -0.2) is 39.8 Å². The molecule has 1 atom stereocenters. The van der Waals surface area contributed by atoms with E-state index in [1.54, 1.807) is 12.1 Å². The summed E-state index contributed by atoms with van der Waals surface area (Å²) in [6, 6.07) is 12.7. The number of methoxy groups -OCH3 is 3. The molecule has 0 saturated heterocycles. The molecular weight excluding hydrogens is 362 g/mol. The van der Waals surface area contributed by atoms with Gasteiger partial charge in [0, 0.05) is 0 Å². The van der Waals surface area contributed by atoms with E-state index in [0.29, 0.717) is 22.8 Å². The minimum atomic E-state index is -0.531. The molecule has 28 heavy (non-hydrogen) atoms. The van der Waals surface area contributed by atoms with E-state index < -0.39 is 5.97 Å². The molecule has 0 aromatic heterocycles. The normalized spacial score (nSPS) is 11.3. The Morgan fingerprint density at radius 1 is 0.964 bits per heavy atom. The largest absolute Gasteiger partial charge is 0.493 e. The fourth-order valence-corrected chi connectivity index (χ4v) is 2.71. The van der Waals surface area contributed by atoms with Crippen molar-refractivity contribution in [2.45, 2.75) is 19.4 Å². The lowest BCUT2D eigenvalue weighted by Crippen LogP contribution is -2.31. The molecule has 0 fully saturated rings. The summed E-state index contributed by atoms with van der Waals surface area (Å²) in [7, 11) is 4.50. The Balaban J connectivity index is 1.91. The van der Waals surface area contributed by atoms with Gasteiger partial charge in [0.05, 0.1) is 33.8 Å². The highest BCUT2D eigenvalue weighted by Gasteiger charge is 2.16. The van der Waals surface area contributed by atoms with Gasteiger partial charge in [-0.25, -0.2) is 0 Å². The lowest BCUT2D eigenvalue weighted by Gasteiger charge is -2.15. The molecule has 2 aromatic carbocycles. The first-order valence-electron chi connectivity index (χ1n) is 8.77. The summed E-state index contributed by atoms with van der Waals surface area (Å²) in [4.78, 5) is 24.1. The van der Waals surface area contributed by atoms with Crippen LogP contribution >= 0.6 is 0 Å². The van der Waals surface area contributed by atoms with Crippen LogP contribution in [0.5, 0.6) is 17.2 Å². The number of nitrogens with one attached hydrogen (secondary N) is 1. The number of benzene rings is 2. The first kappa shape index (κ1) is 21.1. The van der Waals surface area contributed by atoms with Gasteiger partial charge >= 0.3 is 5.97 Å². The molecule has 2 rings (SSSR count). The molecule has 7 nitrogen and oxygen atoms in total. The van der Waals surface area contributed by atoms with E-state index in [1.165, 1.54) is 21.3 Å². The Morgan fingerprint density at radius 3 is 2.11 bits per heavy atom. The molecule has 0 radical (unpaired) electrons. The van der Waals surface area contributed by atoms with Crippen molar-refractivity contribution in [1.29, 1.82) is 0 Å². The maximum atomic E-state index is 12.1. The molecular formula is C21H25NO6. The van der Waals surface area contributed by atoms with Crippen molar-refractivity contribution >= 4 is 11.9 Å². The van der Waals surface area contributed by atoms with Gasteiger partial charge in [-0.3, -0.25) is 9.59 Å². The van der Waals surface area contributed by atoms with Crippen molar-refractivity contribution in [3.63, 3.8) is 0 Å². The van der Waals surface area contributed by atoms with Crippen molar-refractivity contribution in [2.24, 2.45) is 0 Å². The van der Waals surface area contributed by atoms with Gasteiger partial charge in [-0.05, 0) is 30.2 Å². The predicted molar refractivity (Wildman–Crippen MR) is 104 cm³/mol. The van der Waals surface area contributed by atoms with E-state index >= 15 is 0 Å². The number of amides is 1. The number of rotatable bonds is 9. The van der Waals surface area contributed by atoms with Crippen molar-refractivity contribution in [2.75, 3.05) is 27.9 Å². The number of carbonyl (C=O) groups excluding carboxylic acids is 2. The molecule has 0 aliphatic rings. The molecule has 0 bridgehead atoms. The Morgan fingerprint density at radius 2 is 1.57 bits per heavy atom. The van der Waals surface area contributed by atoms with E-state index in [9.17, 15) is 9.59 Å². The second-order valence-electron chi connectivity index (χ2n) is 6.07. The van der Waals surface area contributed by atoms with Gasteiger partial charge < -0.3 is 24.3 Å². The first-order chi connectivity index (χ1) is 13.5. The van der Waals surface area contributed by atoms with E-state index in [2.05, 4.69) is 5.32 Å². The highest BCUT2D eigenvalue weighted by molar-refractivity contribution is 5.81. The molecule has 1 N–H and O–H groups in total. The average Bonchev–Trinajstić information content (AvgIpc) is 2.72. The zero-order valence-electron chi connectivity index (χ0n) is 16.5. The minimum absolute atomic E-state index is 0.0295. The fraction of sp³-hybridized carbons (Fsp3) is 0.333. The second kappa shape index (κ2) is 10.2. The number of hydrogen-bond donors (Lipinski definition) is 1. The molecule has 0 unspecified atom stereocenters. The van der Waals surface area contributed by atoms with Gasteiger partial charge in [0.1, 0.15) is 0 Å². The van der Waals surface area contributed by atoms with Crippen molar-refractivity contribution in [3.8, 4) is 17.2 Å². The van der Waals surface area contributed by atoms with Crippen LogP contribution in [0.1, 0.15) is 24.1 Å². The van der Waals surface area contributed by atoms with Crippen LogP contribution in [0.2, 0.25) is 0 Å². The maximum Gasteiger partial charge on any atom is 0.310 e. The van der Waals surface area contributed by atoms with Gasteiger partial charge in [0.2, 0.25) is 5.75 Å². The number of esters is 1. The topological polar surface area (TPSA) is 83.1 Å². The third-order valence-electron chi connectivity index (χ3n) is 4.11. The highest BCUT2D eigenvalue weighted by atomic mass is 16.5. The maximum absolute atomic E-state index is 12.1. The summed E-state index contributed by atoms with van der Waals surface area (Å²) in [5.74, 6) is 0.431. The van der Waals surface area contributed by atoms with Crippen LogP contribution in [0.25, 0.3) is 0 Å². The number of hydrogen-bond acceptors (Lipinski definition) is 6. The molecule has 1 amide bonds. The molecule has 0 spiro atoms. The predicted octanol–water partition coefficient (Wildman–Crippen LogP) is 2.68. The minimum Gasteiger partial charge on any atom is -0.493 e. The van der Waals surface area contributed by atoms with Gasteiger partial charge in [-0.1, -0.05) is 30.3 Å². The lowest BCUT2D eigenvalue weighted by atomic mass is 10.1. The van der Waals surface area contributed by atoms with Gasteiger partial charge in [-0.15, -0.1) is 0 Å². The third kappa shape index (κ3) is 5.64. The highest BCUT2D eigenvalue weighted by Crippen LogP contribution is 2.38. The van der Waals surface area contributed by atoms with Crippen molar-refractivity contribution < 1.29 is 28.5 Å². The summed E-state index contributed by atoms with van der Waals surface area (Å²) < 4.78 is 20.9. The quantitative estimate of drug-likeness (QED) is 0.666. The van der Waals surface area contributed by atoms with Crippen LogP contribution in [0.3, 0.4) is 0 Å². The fourth-order valence-electron chi connectivity index (χ4n) is 2.71. The average molecular weight is 387 g/mol. The second-order valence-corrected chi connectivity index (χ2v) is 6.07. The summed E-state index contributed by atoms with van der Waals surface area (Å²) in [5, 5.41) is 2.79. The Labute approximate surface area is 164 Å². The number of carbonyl (C=O) groups is 2. The smallest absolute Gasteiger partial charge is 0.310 e. The molecule has 2 aromatic rings. The zero-order valence-corrected chi connectivity index (χ0v) is 16.5. The van der Waals surface area contributed by atoms with Crippen LogP contribution in [0.15, 0.2) is 42.5 Å². The van der Waals surface area contributed by atoms with E-state index in [4.69, 9.17) is 18.9 Å². The van der Waals surface area contributed by atoms with Gasteiger partial charge in [-0.2, -0.15) is 0 Å². The Bertz CT molecular complexity index is 781. The monoisotopic (exact) mass is 387 g/mol. The van der Waals surface area contributed by atoms with Crippen molar-refractivity contribution in [3.05, 3.63) is 53.6 Å². The van der Waals surface area contributed by atoms with E-state index in [-0.39, 0.29) is 25.0 Å². The van der Waals surface area contributed by atoms with E-state index in [0.717, 1.165) is 5.56 Å². The Hall–Kier alpha value is -3.22. The summed E-state index contributed by atoms with van der Waals surface area (Å²) >= 11 is 0. The summed E-state index contributed by atoms with van der Waals surface area (Å²) in [5.41, 5.74) is 1.59. The van der Waals surface area contributed by atoms with Gasteiger partial charge in [0.25, 0.3) is 5.91 Å². The zero-order chi connectivity index (χ0) is 20.5. The van der Waals surface area contributed by atoms with Crippen LogP contribution < -0.4 is 19.5 Å². The summed E-state index contributed by atoms with van der Waals surface area (Å²) in [6.07, 6.45) is -0.0295.